The topological polar surface area (TPSA) is 111 Å². The molecule has 2 aromatic carbocycles. The molecule has 0 aromatic heterocycles. The van der Waals surface area contributed by atoms with Crippen LogP contribution < -0.4 is 14.2 Å². The molecular weight excluding hydrogens is 444 g/mol. The monoisotopic (exact) mass is 470 g/mol. The van der Waals surface area contributed by atoms with Crippen LogP contribution in [-0.2, 0) is 24.8 Å². The highest BCUT2D eigenvalue weighted by Gasteiger charge is 2.26. The third-order valence-corrected chi connectivity index (χ3v) is 7.83. The quantitative estimate of drug-likeness (QED) is 0.599. The van der Waals surface area contributed by atoms with Gasteiger partial charge < -0.3 is 14.2 Å². The molecule has 31 heavy (non-hydrogen) atoms. The second-order valence-electron chi connectivity index (χ2n) is 6.62. The summed E-state index contributed by atoms with van der Waals surface area (Å²) >= 11 is 0. The van der Waals surface area contributed by atoms with Gasteiger partial charge >= 0.3 is 0 Å². The molecule has 0 bridgehead atoms. The average molecular weight is 471 g/mol. The first-order valence-electron chi connectivity index (χ1n) is 9.88. The predicted octanol–water partition coefficient (Wildman–Crippen LogP) is 2.31. The van der Waals surface area contributed by atoms with Gasteiger partial charge in [-0.2, -0.15) is 4.31 Å². The van der Waals surface area contributed by atoms with Crippen molar-refractivity contribution in [1.82, 2.24) is 4.31 Å². The predicted molar refractivity (Wildman–Crippen MR) is 116 cm³/mol. The van der Waals surface area contributed by atoms with E-state index in [0.29, 0.717) is 37.9 Å². The van der Waals surface area contributed by atoms with Crippen LogP contribution in [0.25, 0.3) is 0 Å². The Kier molecular flexibility index (Phi) is 7.42. The Morgan fingerprint density at radius 2 is 1.45 bits per heavy atom. The van der Waals surface area contributed by atoms with Crippen molar-refractivity contribution in [2.45, 2.75) is 23.6 Å². The van der Waals surface area contributed by atoms with Gasteiger partial charge in [0, 0.05) is 24.8 Å². The molecule has 170 valence electrons. The molecule has 1 aliphatic heterocycles. The Bertz CT molecular complexity index is 1090. The molecule has 11 heteroatoms. The number of sulfonamides is 2. The summed E-state index contributed by atoms with van der Waals surface area (Å²) in [4.78, 5) is 0.0986. The van der Waals surface area contributed by atoms with Crippen molar-refractivity contribution in [1.29, 1.82) is 0 Å². The Morgan fingerprint density at radius 1 is 0.871 bits per heavy atom. The molecular formula is C20H26N2O7S2. The van der Waals surface area contributed by atoms with Gasteiger partial charge in [-0.1, -0.05) is 0 Å². The lowest BCUT2D eigenvalue weighted by Gasteiger charge is -2.26. The number of nitrogens with zero attached hydrogens (tertiary/aromatic N) is 1. The third kappa shape index (κ3) is 5.48. The molecule has 0 amide bonds. The first-order chi connectivity index (χ1) is 14.8. The molecule has 2 aromatic rings. The van der Waals surface area contributed by atoms with Gasteiger partial charge in [-0.05, 0) is 50.2 Å². The van der Waals surface area contributed by atoms with Crippen LogP contribution in [0.4, 0.5) is 5.69 Å². The zero-order valence-electron chi connectivity index (χ0n) is 17.4. The lowest BCUT2D eigenvalue weighted by Crippen LogP contribution is -2.40. The fraction of sp³-hybridized carbons (Fsp3) is 0.400. The number of ether oxygens (including phenoxy) is 3. The SMILES string of the molecule is CCOc1ccc(S(=O)(=O)Nc2ccc(S(=O)(=O)N3CCOCC3)cc2)cc1OCC. The summed E-state index contributed by atoms with van der Waals surface area (Å²) in [7, 11) is -7.57. The normalized spacial score (nSPS) is 15.4. The van der Waals surface area contributed by atoms with Gasteiger partial charge in [0.15, 0.2) is 11.5 Å². The maximum atomic E-state index is 12.8. The number of hydrogen-bond acceptors (Lipinski definition) is 7. The number of rotatable bonds is 9. The standard InChI is InChI=1S/C20H26N2O7S2/c1-3-28-19-10-9-18(15-20(19)29-4-2)30(23,24)21-16-5-7-17(8-6-16)31(25,26)22-11-13-27-14-12-22/h5-10,15,21H,3-4,11-14H2,1-2H3. The van der Waals surface area contributed by atoms with Crippen LogP contribution in [0.1, 0.15) is 13.8 Å². The van der Waals surface area contributed by atoms with Gasteiger partial charge in [-0.25, -0.2) is 16.8 Å². The fourth-order valence-electron chi connectivity index (χ4n) is 3.04. The molecule has 1 fully saturated rings. The Hall–Kier alpha value is -2.34. The van der Waals surface area contributed by atoms with Crippen molar-refractivity contribution >= 4 is 25.7 Å². The van der Waals surface area contributed by atoms with Crippen LogP contribution >= 0.6 is 0 Å². The van der Waals surface area contributed by atoms with Crippen LogP contribution in [0.3, 0.4) is 0 Å². The van der Waals surface area contributed by atoms with E-state index < -0.39 is 20.0 Å². The maximum Gasteiger partial charge on any atom is 0.262 e. The molecule has 0 unspecified atom stereocenters. The van der Waals surface area contributed by atoms with E-state index in [1.54, 1.807) is 13.0 Å². The summed E-state index contributed by atoms with van der Waals surface area (Å²) in [5.74, 6) is 0.792. The van der Waals surface area contributed by atoms with Gasteiger partial charge in [0.2, 0.25) is 10.0 Å². The molecule has 0 saturated carbocycles. The summed E-state index contributed by atoms with van der Waals surface area (Å²) in [6.07, 6.45) is 0. The van der Waals surface area contributed by atoms with E-state index in [1.165, 1.54) is 40.7 Å². The second-order valence-corrected chi connectivity index (χ2v) is 10.2. The molecule has 1 heterocycles. The molecule has 0 radical (unpaired) electrons. The highest BCUT2D eigenvalue weighted by Crippen LogP contribution is 2.31. The smallest absolute Gasteiger partial charge is 0.262 e. The Balaban J connectivity index is 1.79. The summed E-state index contributed by atoms with van der Waals surface area (Å²) < 4.78 is 71.0. The van der Waals surface area contributed by atoms with Crippen molar-refractivity contribution in [3.05, 3.63) is 42.5 Å². The molecule has 9 nitrogen and oxygen atoms in total. The van der Waals surface area contributed by atoms with Crippen LogP contribution in [0.15, 0.2) is 52.3 Å². The zero-order chi connectivity index (χ0) is 22.5. The van der Waals surface area contributed by atoms with E-state index in [4.69, 9.17) is 14.2 Å². The lowest BCUT2D eigenvalue weighted by molar-refractivity contribution is 0.0730. The first-order valence-corrected chi connectivity index (χ1v) is 12.8. The van der Waals surface area contributed by atoms with E-state index in [2.05, 4.69) is 4.72 Å². The Labute approximate surface area is 183 Å². The highest BCUT2D eigenvalue weighted by molar-refractivity contribution is 7.92. The molecule has 0 aliphatic carbocycles. The largest absolute Gasteiger partial charge is 0.490 e. The van der Waals surface area contributed by atoms with Crippen molar-refractivity contribution in [3.8, 4) is 11.5 Å². The van der Waals surface area contributed by atoms with Crippen LogP contribution in [-0.4, -0.2) is 60.7 Å². The average Bonchev–Trinajstić information content (AvgIpc) is 2.76. The van der Waals surface area contributed by atoms with Crippen molar-refractivity contribution in [2.24, 2.45) is 0 Å². The summed E-state index contributed by atoms with van der Waals surface area (Å²) in [6.45, 7) is 5.67. The van der Waals surface area contributed by atoms with E-state index in [-0.39, 0.29) is 28.6 Å². The first kappa shape index (κ1) is 23.3. The number of anilines is 1. The molecule has 1 saturated heterocycles. The van der Waals surface area contributed by atoms with Gasteiger partial charge in [0.25, 0.3) is 10.0 Å². The molecule has 0 atom stereocenters. The number of benzene rings is 2. The van der Waals surface area contributed by atoms with Gasteiger partial charge in [-0.15, -0.1) is 0 Å². The highest BCUT2D eigenvalue weighted by atomic mass is 32.2. The lowest BCUT2D eigenvalue weighted by atomic mass is 10.3. The summed E-state index contributed by atoms with van der Waals surface area (Å²) in [6, 6.07) is 9.97. The van der Waals surface area contributed by atoms with Crippen molar-refractivity contribution in [3.63, 3.8) is 0 Å². The fourth-order valence-corrected chi connectivity index (χ4v) is 5.53. The minimum absolute atomic E-state index is 0.00409. The zero-order valence-corrected chi connectivity index (χ0v) is 19.0. The van der Waals surface area contributed by atoms with Crippen LogP contribution in [0.5, 0.6) is 11.5 Å². The second kappa shape index (κ2) is 9.86. The van der Waals surface area contributed by atoms with E-state index >= 15 is 0 Å². The number of hydrogen-bond donors (Lipinski definition) is 1. The minimum Gasteiger partial charge on any atom is -0.490 e. The number of nitrogens with one attached hydrogen (secondary N) is 1. The number of morpholine rings is 1. The van der Waals surface area contributed by atoms with E-state index in [0.717, 1.165) is 0 Å². The molecule has 1 aliphatic rings. The summed E-state index contributed by atoms with van der Waals surface area (Å²) in [5.41, 5.74) is 0.243. The maximum absolute atomic E-state index is 12.8. The van der Waals surface area contributed by atoms with Gasteiger partial charge in [-0.3, -0.25) is 4.72 Å². The molecule has 3 rings (SSSR count). The molecule has 1 N–H and O–H groups in total. The van der Waals surface area contributed by atoms with Gasteiger partial charge in [0.1, 0.15) is 0 Å². The minimum atomic E-state index is -3.92. The van der Waals surface area contributed by atoms with E-state index in [1.807, 2.05) is 6.92 Å². The molecule has 0 spiro atoms. The van der Waals surface area contributed by atoms with Crippen molar-refractivity contribution < 1.29 is 31.0 Å². The summed E-state index contributed by atoms with van der Waals surface area (Å²) in [5, 5.41) is 0. The van der Waals surface area contributed by atoms with Crippen LogP contribution in [0.2, 0.25) is 0 Å². The van der Waals surface area contributed by atoms with Crippen LogP contribution in [0, 0.1) is 0 Å². The third-order valence-electron chi connectivity index (χ3n) is 4.54. The Morgan fingerprint density at radius 3 is 2.06 bits per heavy atom. The van der Waals surface area contributed by atoms with Gasteiger partial charge in [0.05, 0.1) is 36.2 Å². The van der Waals surface area contributed by atoms with E-state index in [9.17, 15) is 16.8 Å². The van der Waals surface area contributed by atoms with Crippen molar-refractivity contribution in [2.75, 3.05) is 44.2 Å².